The van der Waals surface area contributed by atoms with Crippen LogP contribution in [0.25, 0.3) is 22.2 Å². The van der Waals surface area contributed by atoms with Crippen LogP contribution in [0.5, 0.6) is 17.2 Å². The van der Waals surface area contributed by atoms with Gasteiger partial charge in [-0.3, -0.25) is 0 Å². The molecule has 3 heterocycles. The molecule has 5 aromatic rings. The fraction of sp³-hybridized carbons (Fsp3) is 0.308. The predicted octanol–water partition coefficient (Wildman–Crippen LogP) is 5.97. The van der Waals surface area contributed by atoms with Crippen molar-refractivity contribution in [2.24, 2.45) is 0 Å². The molecule has 0 aliphatic rings. The third-order valence-corrected chi connectivity index (χ3v) is 5.79. The van der Waals surface area contributed by atoms with E-state index in [0.29, 0.717) is 22.8 Å². The molecule has 2 aromatic carbocycles. The SMILES string of the molecule is Cc1cc(O)c(C(C)C)c2ocnc12.Cc1cc(Oc2cnc(N)nc2N)c(C(C)C)c2ocnc12. The Bertz CT molecular complexity index is 1540. The van der Waals surface area contributed by atoms with Crippen LogP contribution in [-0.2, 0) is 0 Å². The van der Waals surface area contributed by atoms with Gasteiger partial charge in [0.2, 0.25) is 5.95 Å². The molecule has 5 rings (SSSR count). The molecule has 0 spiro atoms. The van der Waals surface area contributed by atoms with Crippen molar-refractivity contribution in [2.45, 2.75) is 53.4 Å². The molecule has 0 aliphatic heterocycles. The molecular weight excluding hydrogens is 460 g/mol. The molecule has 10 heteroatoms. The Morgan fingerprint density at radius 2 is 1.36 bits per heavy atom. The van der Waals surface area contributed by atoms with Gasteiger partial charge in [0.25, 0.3) is 0 Å². The number of oxazole rings is 2. The van der Waals surface area contributed by atoms with Gasteiger partial charge in [0.1, 0.15) is 22.5 Å². The molecule has 0 amide bonds. The zero-order valence-electron chi connectivity index (χ0n) is 21.2. The standard InChI is InChI=1S/C15H17N5O2.C11H13NO2/c1-7(2)11-9(4-8(3)12-13(11)21-6-19-12)22-10-5-18-15(17)20-14(10)16;1-6(2)9-8(13)4-7(3)10-11(9)14-5-12-10/h4-7H,1-3H3,(H4,16,17,18,20);4-6,13H,1-3H3. The van der Waals surface area contributed by atoms with Gasteiger partial charge < -0.3 is 30.1 Å². The van der Waals surface area contributed by atoms with Crippen molar-refractivity contribution in [3.8, 4) is 17.2 Å². The van der Waals surface area contributed by atoms with E-state index in [1.54, 1.807) is 6.07 Å². The van der Waals surface area contributed by atoms with Gasteiger partial charge >= 0.3 is 0 Å². The predicted molar refractivity (Wildman–Crippen MR) is 138 cm³/mol. The molecule has 188 valence electrons. The number of rotatable bonds is 4. The van der Waals surface area contributed by atoms with Crippen molar-refractivity contribution in [3.63, 3.8) is 0 Å². The lowest BCUT2D eigenvalue weighted by atomic mass is 9.99. The second-order valence-corrected chi connectivity index (χ2v) is 9.18. The number of phenolic OH excluding ortho intramolecular Hbond substituents is 1. The number of nitrogens with two attached hydrogens (primary N) is 2. The number of aromatic nitrogens is 4. The van der Waals surface area contributed by atoms with Crippen molar-refractivity contribution in [1.82, 2.24) is 19.9 Å². The Balaban J connectivity index is 0.000000187. The molecule has 0 saturated carbocycles. The van der Waals surface area contributed by atoms with Gasteiger partial charge in [-0.05, 0) is 48.9 Å². The van der Waals surface area contributed by atoms with E-state index in [4.69, 9.17) is 25.0 Å². The molecule has 0 fully saturated rings. The molecule has 3 aromatic heterocycles. The van der Waals surface area contributed by atoms with Crippen LogP contribution >= 0.6 is 0 Å². The molecule has 5 N–H and O–H groups in total. The second-order valence-electron chi connectivity index (χ2n) is 9.18. The lowest BCUT2D eigenvalue weighted by Crippen LogP contribution is -2.03. The Hall–Kier alpha value is -4.34. The number of ether oxygens (including phenoxy) is 1. The van der Waals surface area contributed by atoms with Gasteiger partial charge in [-0.25, -0.2) is 15.0 Å². The van der Waals surface area contributed by atoms with Crippen LogP contribution in [0.2, 0.25) is 0 Å². The van der Waals surface area contributed by atoms with Gasteiger partial charge in [-0.15, -0.1) is 0 Å². The number of nitrogens with zero attached hydrogens (tertiary/aromatic N) is 4. The number of aromatic hydroxyl groups is 1. The molecule has 36 heavy (non-hydrogen) atoms. The van der Waals surface area contributed by atoms with Gasteiger partial charge in [0.05, 0.1) is 6.20 Å². The van der Waals surface area contributed by atoms with E-state index in [2.05, 4.69) is 33.8 Å². The van der Waals surface area contributed by atoms with Crippen molar-refractivity contribution in [2.75, 3.05) is 11.5 Å². The fourth-order valence-electron chi connectivity index (χ4n) is 4.14. The maximum atomic E-state index is 9.79. The smallest absolute Gasteiger partial charge is 0.222 e. The van der Waals surface area contributed by atoms with Crippen LogP contribution in [0.1, 0.15) is 61.8 Å². The summed E-state index contributed by atoms with van der Waals surface area (Å²) in [4.78, 5) is 16.2. The highest BCUT2D eigenvalue weighted by molar-refractivity contribution is 5.83. The van der Waals surface area contributed by atoms with Crippen molar-refractivity contribution in [1.29, 1.82) is 0 Å². The fourth-order valence-corrected chi connectivity index (χ4v) is 4.14. The summed E-state index contributed by atoms with van der Waals surface area (Å²) < 4.78 is 16.8. The second kappa shape index (κ2) is 9.73. The number of phenols is 1. The maximum absolute atomic E-state index is 9.79. The Labute approximate surface area is 208 Å². The Morgan fingerprint density at radius 3 is 1.92 bits per heavy atom. The number of nitrogen functional groups attached to an aromatic ring is 2. The minimum atomic E-state index is 0.107. The quantitative estimate of drug-likeness (QED) is 0.274. The highest BCUT2D eigenvalue weighted by Crippen LogP contribution is 2.39. The first-order valence-electron chi connectivity index (χ1n) is 11.6. The van der Waals surface area contributed by atoms with Crippen molar-refractivity contribution < 1.29 is 18.7 Å². The molecule has 0 aliphatic carbocycles. The summed E-state index contributed by atoms with van der Waals surface area (Å²) in [6.07, 6.45) is 4.32. The molecule has 0 radical (unpaired) electrons. The first-order valence-corrected chi connectivity index (χ1v) is 11.6. The highest BCUT2D eigenvalue weighted by atomic mass is 16.5. The third-order valence-electron chi connectivity index (χ3n) is 5.79. The number of hydrogen-bond acceptors (Lipinski definition) is 10. The Morgan fingerprint density at radius 1 is 0.806 bits per heavy atom. The van der Waals surface area contributed by atoms with Crippen molar-refractivity contribution >= 4 is 34.0 Å². The van der Waals surface area contributed by atoms with E-state index >= 15 is 0 Å². The molecule has 0 bridgehead atoms. The van der Waals surface area contributed by atoms with Crippen LogP contribution in [0.15, 0.2) is 40.0 Å². The van der Waals surface area contributed by atoms with Gasteiger partial charge in [-0.1, -0.05) is 27.7 Å². The molecule has 0 saturated heterocycles. The zero-order chi connectivity index (χ0) is 26.1. The topological polar surface area (TPSA) is 159 Å². The van der Waals surface area contributed by atoms with E-state index in [1.165, 1.54) is 19.0 Å². The first kappa shape index (κ1) is 24.8. The molecule has 0 unspecified atom stereocenters. The minimum absolute atomic E-state index is 0.107. The van der Waals surface area contributed by atoms with E-state index in [-0.39, 0.29) is 23.6 Å². The van der Waals surface area contributed by atoms with E-state index in [1.807, 2.05) is 33.8 Å². The lowest BCUT2D eigenvalue weighted by Gasteiger charge is -2.15. The summed E-state index contributed by atoms with van der Waals surface area (Å²) in [6.45, 7) is 12.0. The van der Waals surface area contributed by atoms with Crippen LogP contribution in [0.4, 0.5) is 11.8 Å². The summed E-state index contributed by atoms with van der Waals surface area (Å²) >= 11 is 0. The normalized spacial score (nSPS) is 11.3. The molecular formula is C26H30N6O4. The summed E-state index contributed by atoms with van der Waals surface area (Å²) in [5.74, 6) is 2.01. The van der Waals surface area contributed by atoms with E-state index in [9.17, 15) is 5.11 Å². The van der Waals surface area contributed by atoms with Crippen LogP contribution in [-0.4, -0.2) is 25.0 Å². The third kappa shape index (κ3) is 4.61. The highest BCUT2D eigenvalue weighted by Gasteiger charge is 2.20. The number of aryl methyl sites for hydroxylation is 2. The van der Waals surface area contributed by atoms with Gasteiger partial charge in [0, 0.05) is 11.1 Å². The lowest BCUT2D eigenvalue weighted by molar-refractivity contribution is 0.462. The van der Waals surface area contributed by atoms with Crippen LogP contribution < -0.4 is 16.2 Å². The van der Waals surface area contributed by atoms with Crippen LogP contribution in [0, 0.1) is 13.8 Å². The summed E-state index contributed by atoms with van der Waals surface area (Å²) in [7, 11) is 0. The summed E-state index contributed by atoms with van der Waals surface area (Å²) in [5, 5.41) is 9.79. The maximum Gasteiger partial charge on any atom is 0.222 e. The average Bonchev–Trinajstić information content (AvgIpc) is 3.46. The number of fused-ring (bicyclic) bond motifs is 2. The summed E-state index contributed by atoms with van der Waals surface area (Å²) in [6, 6.07) is 3.65. The monoisotopic (exact) mass is 490 g/mol. The number of hydrogen-bond donors (Lipinski definition) is 3. The van der Waals surface area contributed by atoms with Crippen molar-refractivity contribution in [3.05, 3.63) is 53.4 Å². The van der Waals surface area contributed by atoms with E-state index in [0.717, 1.165) is 38.9 Å². The number of anilines is 2. The molecule has 0 atom stereocenters. The Kier molecular flexibility index (Phi) is 6.69. The average molecular weight is 491 g/mol. The minimum Gasteiger partial charge on any atom is -0.508 e. The van der Waals surface area contributed by atoms with Gasteiger partial charge in [-0.2, -0.15) is 4.98 Å². The van der Waals surface area contributed by atoms with Crippen LogP contribution in [0.3, 0.4) is 0 Å². The van der Waals surface area contributed by atoms with E-state index < -0.39 is 0 Å². The first-order chi connectivity index (χ1) is 17.1. The largest absolute Gasteiger partial charge is 0.508 e. The number of benzene rings is 2. The van der Waals surface area contributed by atoms with Gasteiger partial charge in [0.15, 0.2) is 35.5 Å². The zero-order valence-corrected chi connectivity index (χ0v) is 21.2. The molecule has 10 nitrogen and oxygen atoms in total. The summed E-state index contributed by atoms with van der Waals surface area (Å²) in [5.41, 5.74) is 18.1.